The van der Waals surface area contributed by atoms with E-state index in [1.807, 2.05) is 5.32 Å². The van der Waals surface area contributed by atoms with Crippen molar-refractivity contribution in [1.29, 1.82) is 0 Å². The van der Waals surface area contributed by atoms with Gasteiger partial charge in [0, 0.05) is 6.54 Å². The first-order chi connectivity index (χ1) is 8.36. The first kappa shape index (κ1) is 15.3. The molecule has 6 nitrogen and oxygen atoms in total. The Morgan fingerprint density at radius 2 is 2.21 bits per heavy atom. The molecule has 1 aliphatic heterocycles. The number of halogens is 4. The number of nitrogens with two attached hydrogens (primary N) is 1. The highest BCUT2D eigenvalue weighted by Crippen LogP contribution is 2.25. The van der Waals surface area contributed by atoms with Gasteiger partial charge in [0.2, 0.25) is 0 Å². The lowest BCUT2D eigenvalue weighted by Crippen LogP contribution is -2.40. The molecule has 1 saturated heterocycles. The van der Waals surface area contributed by atoms with Gasteiger partial charge in [-0.3, -0.25) is 0 Å². The average molecular weight is 298 g/mol. The minimum absolute atomic E-state index is 0. The molecule has 1 aliphatic rings. The van der Waals surface area contributed by atoms with Gasteiger partial charge in [0.1, 0.15) is 11.9 Å². The number of rotatable bonds is 2. The van der Waals surface area contributed by atoms with Gasteiger partial charge in [0.25, 0.3) is 0 Å². The SMILES string of the molecule is Cl.Nc1cc(CN2C[C@@H](C(F)(F)F)NC2=O)cnn1. The van der Waals surface area contributed by atoms with Crippen LogP contribution in [0.3, 0.4) is 0 Å². The topological polar surface area (TPSA) is 84.1 Å². The van der Waals surface area contributed by atoms with E-state index in [-0.39, 0.29) is 24.8 Å². The van der Waals surface area contributed by atoms with Gasteiger partial charge >= 0.3 is 12.2 Å². The van der Waals surface area contributed by atoms with Gasteiger partial charge in [0.15, 0.2) is 0 Å². The molecule has 0 aliphatic carbocycles. The average Bonchev–Trinajstić information content (AvgIpc) is 2.60. The maximum absolute atomic E-state index is 12.4. The van der Waals surface area contributed by atoms with E-state index >= 15 is 0 Å². The Bertz CT molecular complexity index is 469. The highest BCUT2D eigenvalue weighted by Gasteiger charge is 2.46. The minimum atomic E-state index is -4.44. The number of amides is 2. The van der Waals surface area contributed by atoms with Gasteiger partial charge in [-0.1, -0.05) is 0 Å². The van der Waals surface area contributed by atoms with Crippen molar-refractivity contribution in [3.63, 3.8) is 0 Å². The fourth-order valence-corrected chi connectivity index (χ4v) is 1.64. The molecule has 3 N–H and O–H groups in total. The van der Waals surface area contributed by atoms with Crippen molar-refractivity contribution >= 4 is 24.3 Å². The van der Waals surface area contributed by atoms with Crippen LogP contribution in [0.25, 0.3) is 0 Å². The number of nitrogen functional groups attached to an aromatic ring is 1. The third kappa shape index (κ3) is 3.60. The van der Waals surface area contributed by atoms with E-state index < -0.39 is 24.8 Å². The zero-order valence-corrected chi connectivity index (χ0v) is 10.3. The maximum Gasteiger partial charge on any atom is 0.410 e. The lowest BCUT2D eigenvalue weighted by molar-refractivity contribution is -0.149. The number of hydrogen-bond acceptors (Lipinski definition) is 4. The summed E-state index contributed by atoms with van der Waals surface area (Å²) in [6, 6.07) is -1.13. The molecule has 1 aromatic heterocycles. The van der Waals surface area contributed by atoms with E-state index in [0.717, 1.165) is 4.90 Å². The number of hydrogen-bond donors (Lipinski definition) is 2. The van der Waals surface area contributed by atoms with Crippen LogP contribution in [0.2, 0.25) is 0 Å². The zero-order chi connectivity index (χ0) is 13.3. The summed E-state index contributed by atoms with van der Waals surface area (Å²) >= 11 is 0. The van der Waals surface area contributed by atoms with E-state index in [1.54, 1.807) is 0 Å². The Morgan fingerprint density at radius 1 is 1.53 bits per heavy atom. The summed E-state index contributed by atoms with van der Waals surface area (Å²) in [5, 5.41) is 8.95. The van der Waals surface area contributed by atoms with Crippen molar-refractivity contribution in [3.05, 3.63) is 17.8 Å². The second kappa shape index (κ2) is 5.47. The van der Waals surface area contributed by atoms with Crippen molar-refractivity contribution in [1.82, 2.24) is 20.4 Å². The van der Waals surface area contributed by atoms with Gasteiger partial charge < -0.3 is 16.0 Å². The number of nitrogens with one attached hydrogen (secondary N) is 1. The van der Waals surface area contributed by atoms with Crippen LogP contribution in [0.4, 0.5) is 23.8 Å². The Hall–Kier alpha value is -1.77. The van der Waals surface area contributed by atoms with Crippen molar-refractivity contribution in [2.45, 2.75) is 18.8 Å². The van der Waals surface area contributed by atoms with Gasteiger partial charge in [-0.2, -0.15) is 18.3 Å². The van der Waals surface area contributed by atoms with Crippen LogP contribution >= 0.6 is 12.4 Å². The van der Waals surface area contributed by atoms with Crippen LogP contribution in [0.5, 0.6) is 0 Å². The molecule has 0 saturated carbocycles. The monoisotopic (exact) mass is 297 g/mol. The van der Waals surface area contributed by atoms with Crippen molar-refractivity contribution in [2.75, 3.05) is 12.3 Å². The summed E-state index contributed by atoms with van der Waals surface area (Å²) in [4.78, 5) is 12.4. The largest absolute Gasteiger partial charge is 0.410 e. The summed E-state index contributed by atoms with van der Waals surface area (Å²) in [5.41, 5.74) is 5.92. The zero-order valence-electron chi connectivity index (χ0n) is 9.52. The van der Waals surface area contributed by atoms with E-state index in [0.29, 0.717) is 5.56 Å². The van der Waals surface area contributed by atoms with Gasteiger partial charge in [0.05, 0.1) is 12.7 Å². The predicted molar refractivity (Wildman–Crippen MR) is 62.5 cm³/mol. The standard InChI is InChI=1S/C9H10F3N5O.ClH/c10-9(11,12)6-4-17(8(18)15-6)3-5-1-7(13)16-14-2-5;/h1-2,6H,3-4H2,(H2,13,16)(H,15,18);1H/t6-;/m0./s1. The van der Waals surface area contributed by atoms with Crippen molar-refractivity contribution < 1.29 is 18.0 Å². The minimum Gasteiger partial charge on any atom is -0.382 e. The third-order valence-corrected chi connectivity index (χ3v) is 2.49. The smallest absolute Gasteiger partial charge is 0.382 e. The van der Waals surface area contributed by atoms with Gasteiger partial charge in [-0.25, -0.2) is 4.79 Å². The summed E-state index contributed by atoms with van der Waals surface area (Å²) in [7, 11) is 0. The third-order valence-electron chi connectivity index (χ3n) is 2.49. The second-order valence-electron chi connectivity index (χ2n) is 3.91. The molecule has 2 heterocycles. The molecule has 19 heavy (non-hydrogen) atoms. The van der Waals surface area contributed by atoms with Crippen LogP contribution in [0.1, 0.15) is 5.56 Å². The molecule has 0 unspecified atom stereocenters. The normalized spacial score (nSPS) is 19.0. The van der Waals surface area contributed by atoms with E-state index in [2.05, 4.69) is 10.2 Å². The molecule has 2 amide bonds. The molecule has 106 valence electrons. The summed E-state index contributed by atoms with van der Waals surface area (Å²) < 4.78 is 37.3. The molecule has 10 heteroatoms. The number of carbonyl (C=O) groups is 1. The fourth-order valence-electron chi connectivity index (χ4n) is 1.64. The highest BCUT2D eigenvalue weighted by atomic mass is 35.5. The molecular formula is C9H11ClF3N5O. The van der Waals surface area contributed by atoms with Crippen LogP contribution in [-0.4, -0.2) is 39.9 Å². The van der Waals surface area contributed by atoms with Gasteiger partial charge in [-0.15, -0.1) is 17.5 Å². The number of urea groups is 1. The highest BCUT2D eigenvalue weighted by molar-refractivity contribution is 5.85. The predicted octanol–water partition coefficient (Wildman–Crippen LogP) is 0.937. The molecule has 0 aromatic carbocycles. The molecule has 1 aromatic rings. The van der Waals surface area contributed by atoms with Crippen molar-refractivity contribution in [2.24, 2.45) is 0 Å². The van der Waals surface area contributed by atoms with E-state index in [4.69, 9.17) is 5.73 Å². The maximum atomic E-state index is 12.4. The molecule has 2 rings (SSSR count). The molecule has 0 spiro atoms. The summed E-state index contributed by atoms with van der Waals surface area (Å²) in [6.45, 7) is -0.414. The second-order valence-corrected chi connectivity index (χ2v) is 3.91. The number of carbonyl (C=O) groups excluding carboxylic acids is 1. The summed E-state index contributed by atoms with van der Waals surface area (Å²) in [5.74, 6) is 0.152. The van der Waals surface area contributed by atoms with Crippen LogP contribution in [0, 0.1) is 0 Å². The number of anilines is 1. The van der Waals surface area contributed by atoms with Crippen LogP contribution in [0.15, 0.2) is 12.3 Å². The van der Waals surface area contributed by atoms with E-state index in [1.165, 1.54) is 12.3 Å². The Labute approximate surface area is 112 Å². The van der Waals surface area contributed by atoms with Crippen LogP contribution < -0.4 is 11.1 Å². The lowest BCUT2D eigenvalue weighted by atomic mass is 10.2. The van der Waals surface area contributed by atoms with E-state index in [9.17, 15) is 18.0 Å². The van der Waals surface area contributed by atoms with Gasteiger partial charge in [-0.05, 0) is 11.6 Å². The fraction of sp³-hybridized carbons (Fsp3) is 0.444. The summed E-state index contributed by atoms with van der Waals surface area (Å²) in [6.07, 6.45) is -3.09. The Kier molecular flexibility index (Phi) is 4.40. The molecular weight excluding hydrogens is 287 g/mol. The molecule has 0 radical (unpaired) electrons. The van der Waals surface area contributed by atoms with Crippen LogP contribution in [-0.2, 0) is 6.54 Å². The lowest BCUT2D eigenvalue weighted by Gasteiger charge is -2.15. The Morgan fingerprint density at radius 3 is 2.74 bits per heavy atom. The first-order valence-corrected chi connectivity index (χ1v) is 5.05. The molecule has 1 atom stereocenters. The Balaban J connectivity index is 0.00000180. The number of alkyl halides is 3. The quantitative estimate of drug-likeness (QED) is 0.851. The number of aromatic nitrogens is 2. The van der Waals surface area contributed by atoms with Crippen molar-refractivity contribution in [3.8, 4) is 0 Å². The molecule has 0 bridgehead atoms. The first-order valence-electron chi connectivity index (χ1n) is 5.05. The molecule has 1 fully saturated rings. The number of nitrogens with zero attached hydrogens (tertiary/aromatic N) is 3.